The van der Waals surface area contributed by atoms with Gasteiger partial charge in [-0.1, -0.05) is 11.3 Å². The van der Waals surface area contributed by atoms with Crippen LogP contribution >= 0.6 is 11.3 Å². The molecule has 15 nitrogen and oxygen atoms in total. The van der Waals surface area contributed by atoms with Gasteiger partial charge in [0.05, 0.1) is 30.1 Å². The lowest BCUT2D eigenvalue weighted by molar-refractivity contribution is -0.698. The number of thiazole rings is 1. The van der Waals surface area contributed by atoms with E-state index in [1.165, 1.54) is 28.4 Å². The summed E-state index contributed by atoms with van der Waals surface area (Å²) in [5.74, 6) is -2.11. The Labute approximate surface area is 259 Å². The fourth-order valence-corrected chi connectivity index (χ4v) is 4.42. The predicted molar refractivity (Wildman–Crippen MR) is 152 cm³/mol. The Kier molecular flexibility index (Phi) is 24.0. The Morgan fingerprint density at radius 2 is 1.30 bits per heavy atom. The van der Waals surface area contributed by atoms with E-state index in [-0.39, 0.29) is 12.4 Å². The Morgan fingerprint density at radius 1 is 0.884 bits per heavy atom. The number of carboxylic acids is 5. The number of ether oxygens (including phenoxy) is 1. The van der Waals surface area contributed by atoms with Crippen molar-refractivity contribution in [2.75, 3.05) is 18.9 Å². The van der Waals surface area contributed by atoms with Crippen molar-refractivity contribution in [2.45, 2.75) is 79.7 Å². The van der Waals surface area contributed by atoms with Crippen LogP contribution in [0.5, 0.6) is 0 Å². The molecule has 2 bridgehead atoms. The third kappa shape index (κ3) is 25.5. The quantitative estimate of drug-likeness (QED) is 0.222. The van der Waals surface area contributed by atoms with Crippen molar-refractivity contribution >= 4 is 47.0 Å². The minimum Gasteiger partial charge on any atom is -1.00 e. The molecule has 0 spiro atoms. The molecule has 4 rings (SSSR count). The van der Waals surface area contributed by atoms with Gasteiger partial charge in [0.15, 0.2) is 12.2 Å². The van der Waals surface area contributed by atoms with Crippen LogP contribution in [-0.2, 0) is 48.1 Å². The topological polar surface area (TPSA) is 251 Å². The zero-order valence-corrected chi connectivity index (χ0v) is 26.6. The summed E-state index contributed by atoms with van der Waals surface area (Å²) in [5.41, 5.74) is 8.64. The van der Waals surface area contributed by atoms with Crippen molar-refractivity contribution < 1.29 is 71.2 Å². The summed E-state index contributed by atoms with van der Waals surface area (Å²) < 4.78 is 8.17. The number of aromatic nitrogens is 3. The van der Waals surface area contributed by atoms with E-state index in [0.29, 0.717) is 5.82 Å². The minimum atomic E-state index is -0.833. The average molecular weight is 653 g/mol. The molecule has 0 saturated heterocycles. The van der Waals surface area contributed by atoms with Crippen LogP contribution in [0.25, 0.3) is 0 Å². The van der Waals surface area contributed by atoms with Gasteiger partial charge in [-0.15, -0.1) is 0 Å². The zero-order valence-electron chi connectivity index (χ0n) is 25.0. The van der Waals surface area contributed by atoms with Crippen LogP contribution < -0.4 is 22.7 Å². The van der Waals surface area contributed by atoms with Gasteiger partial charge >= 0.3 is 0 Å². The van der Waals surface area contributed by atoms with Gasteiger partial charge in [0.25, 0.3) is 29.8 Å². The first kappa shape index (κ1) is 43.6. The molecule has 17 heteroatoms. The maximum absolute atomic E-state index is 9.00. The molecular formula is C26H41ClN4O11S. The van der Waals surface area contributed by atoms with E-state index in [1.54, 1.807) is 0 Å². The van der Waals surface area contributed by atoms with Crippen molar-refractivity contribution in [2.24, 2.45) is 0 Å². The van der Waals surface area contributed by atoms with Gasteiger partial charge in [-0.25, -0.2) is 9.97 Å². The van der Waals surface area contributed by atoms with Crippen LogP contribution in [0.1, 0.15) is 80.3 Å². The molecule has 0 aromatic carbocycles. The molecular weight excluding hydrogens is 612 g/mol. The second-order valence-electron chi connectivity index (χ2n) is 8.70. The maximum atomic E-state index is 9.00. The Hall–Kier alpha value is -3.89. The van der Waals surface area contributed by atoms with Gasteiger partial charge in [-0.2, -0.15) is 4.57 Å². The highest BCUT2D eigenvalue weighted by atomic mass is 35.5. The standard InChI is InChI=1S/C16H21N4OS.5C2H4O2.ClH/c1-10-18-8-12(16(17)19-10)9-20-14-5-7-21-6-4-13(22-14)15(20)11-2-3-11;5*1-2(3)4;/h8,11H,2-7,9H2,1H3,(H2,17,18,19);5*1H3,(H,3,4);1H/q+1;;;;;;/p-1. The van der Waals surface area contributed by atoms with Crippen LogP contribution in [0.3, 0.4) is 0 Å². The first-order valence-electron chi connectivity index (χ1n) is 12.6. The van der Waals surface area contributed by atoms with E-state index < -0.39 is 29.8 Å². The second-order valence-corrected chi connectivity index (χ2v) is 9.87. The Morgan fingerprint density at radius 3 is 1.70 bits per heavy atom. The number of hydrogen-bond donors (Lipinski definition) is 6. The van der Waals surface area contributed by atoms with Crippen molar-refractivity contribution in [1.82, 2.24) is 9.97 Å². The van der Waals surface area contributed by atoms with Crippen molar-refractivity contribution in [1.29, 1.82) is 0 Å². The fraction of sp³-hybridized carbons (Fsp3) is 0.538. The lowest BCUT2D eigenvalue weighted by atomic mass is 10.2. The number of fused-ring (bicyclic) bond motifs is 2. The fourth-order valence-electron chi connectivity index (χ4n) is 3.11. The molecule has 3 heterocycles. The second kappa shape index (κ2) is 23.6. The molecule has 0 amide bonds. The molecule has 0 unspecified atom stereocenters. The first-order chi connectivity index (χ1) is 19.4. The molecule has 2 aromatic rings. The number of hydrogen-bond acceptors (Lipinski definition) is 10. The van der Waals surface area contributed by atoms with E-state index in [4.69, 9.17) is 60.0 Å². The lowest BCUT2D eigenvalue weighted by Crippen LogP contribution is -3.00. The first-order valence-corrected chi connectivity index (χ1v) is 13.4. The van der Waals surface area contributed by atoms with E-state index in [2.05, 4.69) is 14.5 Å². The summed E-state index contributed by atoms with van der Waals surface area (Å²) >= 11 is 1.96. The summed E-state index contributed by atoms with van der Waals surface area (Å²) in [4.78, 5) is 55.1. The lowest BCUT2D eigenvalue weighted by Gasteiger charge is -2.05. The van der Waals surface area contributed by atoms with Crippen LogP contribution in [0, 0.1) is 6.92 Å². The molecule has 1 fully saturated rings. The summed E-state index contributed by atoms with van der Waals surface area (Å²) in [7, 11) is 0. The van der Waals surface area contributed by atoms with Gasteiger partial charge in [0, 0.05) is 53.2 Å². The molecule has 0 radical (unpaired) electrons. The van der Waals surface area contributed by atoms with Crippen LogP contribution in [0.15, 0.2) is 6.20 Å². The molecule has 244 valence electrons. The molecule has 0 atom stereocenters. The summed E-state index contributed by atoms with van der Waals surface area (Å²) in [6.45, 7) is 9.72. The third-order valence-corrected chi connectivity index (χ3v) is 5.68. The number of nitrogen functional groups attached to an aromatic ring is 1. The number of halogens is 1. The van der Waals surface area contributed by atoms with E-state index in [9.17, 15) is 0 Å². The van der Waals surface area contributed by atoms with Crippen molar-refractivity contribution in [3.8, 4) is 0 Å². The third-order valence-electron chi connectivity index (χ3n) is 4.36. The SMILES string of the molecule is CC(=O)O.CC(=O)O.CC(=O)O.CC(=O)O.CC(=O)O.Cc1ncc(C[n+]2c3sc(c2C2CC2)CCOCC3)c(N)n1.[Cl-]. The smallest absolute Gasteiger partial charge is 0.300 e. The number of anilines is 1. The summed E-state index contributed by atoms with van der Waals surface area (Å²) in [6.07, 6.45) is 6.51. The largest absolute Gasteiger partial charge is 1.00 e. The number of rotatable bonds is 3. The molecule has 7 N–H and O–H groups in total. The van der Waals surface area contributed by atoms with Gasteiger partial charge in [0.1, 0.15) is 11.6 Å². The Bertz CT molecular complexity index is 1100. The number of aryl methyl sites for hydroxylation is 1. The van der Waals surface area contributed by atoms with E-state index >= 15 is 0 Å². The number of nitrogens with zero attached hydrogens (tertiary/aromatic N) is 3. The number of carbonyl (C=O) groups is 5. The average Bonchev–Trinajstić information content (AvgIpc) is 3.53. The highest BCUT2D eigenvalue weighted by Crippen LogP contribution is 2.42. The van der Waals surface area contributed by atoms with Crippen molar-refractivity contribution in [3.05, 3.63) is 33.2 Å². The highest BCUT2D eigenvalue weighted by Gasteiger charge is 2.39. The van der Waals surface area contributed by atoms with E-state index in [0.717, 1.165) is 84.5 Å². The monoisotopic (exact) mass is 652 g/mol. The summed E-state index contributed by atoms with van der Waals surface area (Å²) in [6, 6.07) is 0. The number of carboxylic acid groups (broad SMARTS) is 5. The molecule has 2 aliphatic rings. The number of nitrogens with two attached hydrogens (primary N) is 1. The summed E-state index contributed by atoms with van der Waals surface area (Å²) in [5, 5.41) is 38.5. The molecule has 1 saturated carbocycles. The molecule has 1 aliphatic heterocycles. The van der Waals surface area contributed by atoms with Crippen molar-refractivity contribution in [3.63, 3.8) is 0 Å². The number of aliphatic carboxylic acids is 5. The van der Waals surface area contributed by atoms with Crippen LogP contribution in [0.2, 0.25) is 0 Å². The van der Waals surface area contributed by atoms with Crippen LogP contribution in [0.4, 0.5) is 5.82 Å². The van der Waals surface area contributed by atoms with Crippen LogP contribution in [-0.4, -0.2) is 78.6 Å². The van der Waals surface area contributed by atoms with Gasteiger partial charge in [-0.05, 0) is 19.8 Å². The van der Waals surface area contributed by atoms with E-state index in [1.807, 2.05) is 24.5 Å². The highest BCUT2D eigenvalue weighted by molar-refractivity contribution is 7.11. The molecule has 2 aromatic heterocycles. The van der Waals surface area contributed by atoms with Gasteiger partial charge in [0.2, 0.25) is 5.01 Å². The molecule has 43 heavy (non-hydrogen) atoms. The van der Waals surface area contributed by atoms with Gasteiger partial charge in [-0.3, -0.25) is 24.0 Å². The zero-order chi connectivity index (χ0) is 33.0. The minimum absolute atomic E-state index is 0. The Balaban J connectivity index is -0.000000630. The normalized spacial score (nSPS) is 12.1. The maximum Gasteiger partial charge on any atom is 0.300 e. The predicted octanol–water partition coefficient (Wildman–Crippen LogP) is -0.784. The molecule has 1 aliphatic carbocycles. The van der Waals surface area contributed by atoms with Gasteiger partial charge < -0.3 is 48.4 Å².